The summed E-state index contributed by atoms with van der Waals surface area (Å²) in [5, 5.41) is 19.1. The summed E-state index contributed by atoms with van der Waals surface area (Å²) >= 11 is 1.18. The Kier molecular flexibility index (Phi) is 5.71. The van der Waals surface area contributed by atoms with Crippen molar-refractivity contribution in [2.24, 2.45) is 0 Å². The van der Waals surface area contributed by atoms with Gasteiger partial charge in [-0.1, -0.05) is 0 Å². The zero-order chi connectivity index (χ0) is 14.5. The molecule has 0 radical (unpaired) electrons. The molecule has 0 amide bonds. The number of hydrogen-bond acceptors (Lipinski definition) is 2. The summed E-state index contributed by atoms with van der Waals surface area (Å²) in [4.78, 5) is 0. The second-order valence-corrected chi connectivity index (χ2v) is 11.0. The molecular weight excluding hydrogens is 378 g/mol. The zero-order valence-corrected chi connectivity index (χ0v) is 15.4. The molecule has 1 heterocycles. The van der Waals surface area contributed by atoms with E-state index in [1.807, 2.05) is 0 Å². The molecule has 2 rings (SSSR count). The Hall–Kier alpha value is -0.761. The Morgan fingerprint density at radius 3 is 1.45 bits per heavy atom. The molecule has 0 fully saturated rings. The number of nitriles is 2. The van der Waals surface area contributed by atoms with Gasteiger partial charge >= 0.3 is 131 Å². The van der Waals surface area contributed by atoms with Crippen molar-refractivity contribution in [2.75, 3.05) is 0 Å². The number of unbranched alkanes of at least 4 members (excludes halogenated alkanes) is 2. The van der Waals surface area contributed by atoms with Crippen molar-refractivity contribution < 1.29 is 0 Å². The van der Waals surface area contributed by atoms with Gasteiger partial charge in [0.15, 0.2) is 0 Å². The molecule has 0 saturated carbocycles. The maximum atomic E-state index is 9.53. The van der Waals surface area contributed by atoms with Gasteiger partial charge < -0.3 is 0 Å². The molecule has 1 aromatic carbocycles. The van der Waals surface area contributed by atoms with Gasteiger partial charge in [-0.25, -0.2) is 0 Å². The summed E-state index contributed by atoms with van der Waals surface area (Å²) in [6, 6.07) is 4.67. The van der Waals surface area contributed by atoms with Gasteiger partial charge in [0, 0.05) is 0 Å². The fourth-order valence-corrected chi connectivity index (χ4v) is 9.70. The third kappa shape index (κ3) is 2.81. The first-order chi connectivity index (χ1) is 9.78. The van der Waals surface area contributed by atoms with Crippen LogP contribution in [0.25, 0.3) is 8.52 Å². The molecule has 0 saturated heterocycles. The summed E-state index contributed by atoms with van der Waals surface area (Å²) < 4.78 is 2.96. The Balaban J connectivity index is 2.60. The van der Waals surface area contributed by atoms with Gasteiger partial charge in [0.05, 0.1) is 0 Å². The molecule has 0 spiro atoms. The summed E-state index contributed by atoms with van der Waals surface area (Å²) in [6.45, 7) is 4.35. The Bertz CT molecular complexity index is 621. The predicted molar refractivity (Wildman–Crippen MR) is 84.5 cm³/mol. The number of nitrogens with zero attached hydrogens (tertiary/aromatic N) is 2. The van der Waals surface area contributed by atoms with Crippen LogP contribution in [0.1, 0.15) is 61.8 Å². The molecule has 0 N–H and O–H groups in total. The minimum absolute atomic E-state index is 0.589. The van der Waals surface area contributed by atoms with Crippen LogP contribution in [0, 0.1) is 22.7 Å². The van der Waals surface area contributed by atoms with Crippen molar-refractivity contribution in [1.82, 2.24) is 0 Å². The average Bonchev–Trinajstić information content (AvgIpc) is 2.43. The third-order valence-corrected chi connectivity index (χ3v) is 11.6. The second kappa shape index (κ2) is 7.31. The second-order valence-electron chi connectivity index (χ2n) is 4.96. The van der Waals surface area contributed by atoms with Gasteiger partial charge in [0.1, 0.15) is 0 Å². The van der Waals surface area contributed by atoms with Crippen LogP contribution in [-0.2, 0) is 12.8 Å². The van der Waals surface area contributed by atoms with Crippen LogP contribution in [0.4, 0.5) is 0 Å². The van der Waals surface area contributed by atoms with E-state index >= 15 is 0 Å². The molecule has 20 heavy (non-hydrogen) atoms. The Morgan fingerprint density at radius 2 is 1.20 bits per heavy atom. The first-order valence-corrected chi connectivity index (χ1v) is 13.2. The summed E-state index contributed by atoms with van der Waals surface area (Å²) in [7, 11) is 0. The fraction of sp³-hybridized carbons (Fsp3) is 0.500. The molecule has 1 aromatic heterocycles. The van der Waals surface area contributed by atoms with Crippen LogP contribution < -0.4 is 0 Å². The van der Waals surface area contributed by atoms with Crippen LogP contribution in [0.3, 0.4) is 0 Å². The van der Waals surface area contributed by atoms with E-state index in [9.17, 15) is 10.5 Å². The van der Waals surface area contributed by atoms with Crippen molar-refractivity contribution in [3.63, 3.8) is 0 Å². The average molecular weight is 396 g/mol. The first kappa shape index (κ1) is 15.6. The molecule has 0 atom stereocenters. The molecule has 2 nitrogen and oxygen atoms in total. The maximum absolute atomic E-state index is 9.53. The van der Waals surface area contributed by atoms with Crippen LogP contribution >= 0.6 is 0 Å². The minimum atomic E-state index is 0.589. The normalized spacial score (nSPS) is 10.6. The number of hydrogen-bond donors (Lipinski definition) is 0. The molecule has 2 aromatic rings. The first-order valence-electron chi connectivity index (χ1n) is 7.14. The molecular formula is C16H18N2Se2. The van der Waals surface area contributed by atoms with E-state index in [2.05, 4.69) is 26.0 Å². The van der Waals surface area contributed by atoms with Crippen molar-refractivity contribution in [1.29, 1.82) is 10.5 Å². The molecule has 0 unspecified atom stereocenters. The van der Waals surface area contributed by atoms with Crippen LogP contribution in [0.5, 0.6) is 0 Å². The summed E-state index contributed by atoms with van der Waals surface area (Å²) in [5.41, 5.74) is 3.83. The molecule has 104 valence electrons. The van der Waals surface area contributed by atoms with Gasteiger partial charge in [0.25, 0.3) is 0 Å². The standard InChI is InChI=1S/C16H18N2Se2/c1-3-5-7-11-13(9-17)14(10-18)12(8-6-4-2)16-15(11)19-20-16/h3-8H2,1-2H3. The van der Waals surface area contributed by atoms with Crippen LogP contribution in [-0.4, -0.2) is 25.3 Å². The Labute approximate surface area is 131 Å². The van der Waals surface area contributed by atoms with Gasteiger partial charge in [0.2, 0.25) is 0 Å². The Morgan fingerprint density at radius 1 is 0.800 bits per heavy atom. The van der Waals surface area contributed by atoms with Gasteiger partial charge in [-0.3, -0.25) is 0 Å². The summed E-state index contributed by atoms with van der Waals surface area (Å²) in [5.74, 6) is 0. The van der Waals surface area contributed by atoms with Gasteiger partial charge in [-0.2, -0.15) is 0 Å². The van der Waals surface area contributed by atoms with Crippen LogP contribution in [0.2, 0.25) is 0 Å². The molecule has 4 heteroatoms. The van der Waals surface area contributed by atoms with E-state index < -0.39 is 0 Å². The van der Waals surface area contributed by atoms with Crippen molar-refractivity contribution in [3.8, 4) is 12.1 Å². The third-order valence-electron chi connectivity index (χ3n) is 3.60. The topological polar surface area (TPSA) is 47.6 Å². The SMILES string of the molecule is CCCCc1c(C#N)c(C#N)c(CCCC)c2[se][se]c12. The van der Waals surface area contributed by atoms with Crippen LogP contribution in [0.15, 0.2) is 0 Å². The number of fused-ring (bicyclic) bond motifs is 1. The fourth-order valence-electron chi connectivity index (χ4n) is 2.46. The van der Waals surface area contributed by atoms with E-state index in [0.717, 1.165) is 38.5 Å². The van der Waals surface area contributed by atoms with E-state index in [4.69, 9.17) is 0 Å². The number of benzene rings is 1. The summed E-state index contributed by atoms with van der Waals surface area (Å²) in [6.07, 6.45) is 6.45. The molecule has 0 aliphatic heterocycles. The monoisotopic (exact) mass is 398 g/mol. The number of aryl methyl sites for hydroxylation is 2. The molecule has 0 aliphatic rings. The van der Waals surface area contributed by atoms with E-state index in [1.165, 1.54) is 19.6 Å². The van der Waals surface area contributed by atoms with Gasteiger partial charge in [-0.15, -0.1) is 0 Å². The zero-order valence-electron chi connectivity index (χ0n) is 12.0. The van der Waals surface area contributed by atoms with E-state index in [0.29, 0.717) is 36.4 Å². The molecule has 0 bridgehead atoms. The van der Waals surface area contributed by atoms with E-state index in [-0.39, 0.29) is 0 Å². The van der Waals surface area contributed by atoms with Crippen molar-refractivity contribution in [2.45, 2.75) is 52.4 Å². The number of rotatable bonds is 6. The van der Waals surface area contributed by atoms with Gasteiger partial charge in [-0.05, 0) is 0 Å². The quantitative estimate of drug-likeness (QED) is 0.703. The molecule has 0 aliphatic carbocycles. The van der Waals surface area contributed by atoms with Crippen molar-refractivity contribution >= 4 is 33.8 Å². The predicted octanol–water partition coefficient (Wildman–Crippen LogP) is 3.38. The van der Waals surface area contributed by atoms with E-state index in [1.54, 1.807) is 0 Å². The van der Waals surface area contributed by atoms with Crippen molar-refractivity contribution in [3.05, 3.63) is 22.3 Å².